The van der Waals surface area contributed by atoms with Crippen LogP contribution in [-0.4, -0.2) is 35.6 Å². The van der Waals surface area contributed by atoms with Gasteiger partial charge >= 0.3 is 5.82 Å². The minimum absolute atomic E-state index is 0.0232. The predicted octanol–water partition coefficient (Wildman–Crippen LogP) is 1.96. The van der Waals surface area contributed by atoms with Crippen molar-refractivity contribution in [2.24, 2.45) is 5.92 Å². The van der Waals surface area contributed by atoms with Crippen LogP contribution in [0, 0.1) is 16.0 Å². The summed E-state index contributed by atoms with van der Waals surface area (Å²) >= 11 is 0. The fourth-order valence-corrected chi connectivity index (χ4v) is 3.43. The van der Waals surface area contributed by atoms with Crippen LogP contribution in [0.2, 0.25) is 0 Å². The highest BCUT2D eigenvalue weighted by molar-refractivity contribution is 5.59. The number of nitrogens with one attached hydrogen (secondary N) is 1. The van der Waals surface area contributed by atoms with Gasteiger partial charge in [-0.15, -0.1) is 0 Å². The summed E-state index contributed by atoms with van der Waals surface area (Å²) in [6.45, 7) is 2.91. The Morgan fingerprint density at radius 3 is 2.80 bits per heavy atom. The van der Waals surface area contributed by atoms with Crippen LogP contribution >= 0.6 is 0 Å². The third-order valence-electron chi connectivity index (χ3n) is 4.49. The van der Waals surface area contributed by atoms with Gasteiger partial charge in [-0.25, -0.2) is 0 Å². The first-order valence-electron chi connectivity index (χ1n) is 7.33. The highest BCUT2D eigenvalue weighted by Gasteiger charge is 2.30. The summed E-state index contributed by atoms with van der Waals surface area (Å²) in [5.74, 6) is 0.689. The van der Waals surface area contributed by atoms with Gasteiger partial charge in [0.25, 0.3) is 0 Å². The summed E-state index contributed by atoms with van der Waals surface area (Å²) in [5.41, 5.74) is 0.662. The molecule has 0 spiro atoms. The maximum atomic E-state index is 11.0. The highest BCUT2D eigenvalue weighted by atomic mass is 16.6. The van der Waals surface area contributed by atoms with Crippen molar-refractivity contribution in [3.63, 3.8) is 0 Å². The fourth-order valence-electron chi connectivity index (χ4n) is 3.43. The number of pyridine rings is 1. The summed E-state index contributed by atoms with van der Waals surface area (Å²) < 4.78 is 0. The Morgan fingerprint density at radius 2 is 2.15 bits per heavy atom. The first kappa shape index (κ1) is 13.3. The largest absolute Gasteiger partial charge is 0.387 e. The van der Waals surface area contributed by atoms with Gasteiger partial charge in [0, 0.05) is 19.1 Å². The SMILES string of the molecule is O=[N+]([O-])c1ncccc1N1CCC(C2CCCN2)CC1. The van der Waals surface area contributed by atoms with Crippen molar-refractivity contribution in [1.29, 1.82) is 0 Å². The molecule has 1 aromatic heterocycles. The summed E-state index contributed by atoms with van der Waals surface area (Å²) in [4.78, 5) is 16.7. The molecule has 2 saturated heterocycles. The molecule has 1 unspecified atom stereocenters. The monoisotopic (exact) mass is 276 g/mol. The van der Waals surface area contributed by atoms with E-state index in [1.54, 1.807) is 12.1 Å². The Hall–Kier alpha value is -1.69. The summed E-state index contributed by atoms with van der Waals surface area (Å²) in [6.07, 6.45) is 6.24. The molecule has 2 fully saturated rings. The number of piperidine rings is 1. The molecule has 1 N–H and O–H groups in total. The third-order valence-corrected chi connectivity index (χ3v) is 4.49. The quantitative estimate of drug-likeness (QED) is 0.675. The average molecular weight is 276 g/mol. The van der Waals surface area contributed by atoms with Gasteiger partial charge in [0.2, 0.25) is 0 Å². The van der Waals surface area contributed by atoms with E-state index in [9.17, 15) is 10.1 Å². The molecule has 2 aliphatic heterocycles. The van der Waals surface area contributed by atoms with Gasteiger partial charge in [0.1, 0.15) is 11.9 Å². The van der Waals surface area contributed by atoms with Gasteiger partial charge in [-0.05, 0) is 60.2 Å². The molecule has 0 radical (unpaired) electrons. The second kappa shape index (κ2) is 5.75. The Balaban J connectivity index is 1.67. The molecule has 108 valence electrons. The van der Waals surface area contributed by atoms with Crippen LogP contribution < -0.4 is 10.2 Å². The van der Waals surface area contributed by atoms with Crippen molar-refractivity contribution in [2.45, 2.75) is 31.7 Å². The first-order valence-corrected chi connectivity index (χ1v) is 7.33. The zero-order chi connectivity index (χ0) is 13.9. The topological polar surface area (TPSA) is 71.3 Å². The Kier molecular flexibility index (Phi) is 3.82. The lowest BCUT2D eigenvalue weighted by molar-refractivity contribution is -0.388. The third kappa shape index (κ3) is 2.60. The van der Waals surface area contributed by atoms with Crippen molar-refractivity contribution < 1.29 is 4.92 Å². The highest BCUT2D eigenvalue weighted by Crippen LogP contribution is 2.31. The van der Waals surface area contributed by atoms with Crippen molar-refractivity contribution in [1.82, 2.24) is 10.3 Å². The molecule has 6 heteroatoms. The predicted molar refractivity (Wildman–Crippen MR) is 76.9 cm³/mol. The smallest absolute Gasteiger partial charge is 0.365 e. The number of aromatic nitrogens is 1. The zero-order valence-corrected chi connectivity index (χ0v) is 11.5. The summed E-state index contributed by atoms with van der Waals surface area (Å²) in [7, 11) is 0. The first-order chi connectivity index (χ1) is 9.75. The van der Waals surface area contributed by atoms with E-state index in [2.05, 4.69) is 15.2 Å². The molecule has 0 bridgehead atoms. The van der Waals surface area contributed by atoms with Gasteiger partial charge in [-0.3, -0.25) is 0 Å². The van der Waals surface area contributed by atoms with Crippen LogP contribution in [0.15, 0.2) is 18.3 Å². The maximum Gasteiger partial charge on any atom is 0.387 e. The van der Waals surface area contributed by atoms with Crippen LogP contribution in [0.1, 0.15) is 25.7 Å². The molecule has 2 aliphatic rings. The van der Waals surface area contributed by atoms with E-state index in [0.717, 1.165) is 32.5 Å². The molecular formula is C14H20N4O2. The molecule has 6 nitrogen and oxygen atoms in total. The van der Waals surface area contributed by atoms with Crippen LogP contribution in [0.3, 0.4) is 0 Å². The molecule has 3 heterocycles. The number of rotatable bonds is 3. The van der Waals surface area contributed by atoms with Crippen molar-refractivity contribution in [2.75, 3.05) is 24.5 Å². The van der Waals surface area contributed by atoms with Crippen molar-refractivity contribution in [3.8, 4) is 0 Å². The fraction of sp³-hybridized carbons (Fsp3) is 0.643. The molecule has 0 aromatic carbocycles. The number of hydrogen-bond acceptors (Lipinski definition) is 5. The number of anilines is 1. The number of hydrogen-bond donors (Lipinski definition) is 1. The van der Waals surface area contributed by atoms with E-state index in [-0.39, 0.29) is 10.7 Å². The molecular weight excluding hydrogens is 256 g/mol. The number of nitrogens with zero attached hydrogens (tertiary/aromatic N) is 3. The van der Waals surface area contributed by atoms with Gasteiger partial charge in [-0.1, -0.05) is 0 Å². The van der Waals surface area contributed by atoms with Gasteiger partial charge in [-0.2, -0.15) is 0 Å². The molecule has 20 heavy (non-hydrogen) atoms. The Bertz CT molecular complexity index is 480. The average Bonchev–Trinajstić information content (AvgIpc) is 3.02. The molecule has 0 saturated carbocycles. The second-order valence-electron chi connectivity index (χ2n) is 5.63. The zero-order valence-electron chi connectivity index (χ0n) is 11.5. The van der Waals surface area contributed by atoms with Gasteiger partial charge in [0.05, 0.1) is 0 Å². The van der Waals surface area contributed by atoms with Gasteiger partial charge < -0.3 is 20.3 Å². The molecule has 0 amide bonds. The van der Waals surface area contributed by atoms with Crippen LogP contribution in [0.4, 0.5) is 11.5 Å². The Morgan fingerprint density at radius 1 is 1.35 bits per heavy atom. The molecule has 3 rings (SSSR count). The minimum Gasteiger partial charge on any atom is -0.365 e. The lowest BCUT2D eigenvalue weighted by atomic mass is 9.88. The van der Waals surface area contributed by atoms with Crippen LogP contribution in [-0.2, 0) is 0 Å². The second-order valence-corrected chi connectivity index (χ2v) is 5.63. The standard InChI is InChI=1S/C14H20N4O2/c19-18(20)14-13(4-2-8-16-14)17-9-5-11(6-10-17)12-3-1-7-15-12/h2,4,8,11-12,15H,1,3,5-7,9-10H2. The van der Waals surface area contributed by atoms with E-state index >= 15 is 0 Å². The maximum absolute atomic E-state index is 11.0. The summed E-state index contributed by atoms with van der Waals surface area (Å²) in [5, 5.41) is 14.6. The van der Waals surface area contributed by atoms with Gasteiger partial charge in [0.15, 0.2) is 0 Å². The van der Waals surface area contributed by atoms with Crippen LogP contribution in [0.5, 0.6) is 0 Å². The van der Waals surface area contributed by atoms with Crippen molar-refractivity contribution in [3.05, 3.63) is 28.4 Å². The Labute approximate surface area is 118 Å². The lowest BCUT2D eigenvalue weighted by Crippen LogP contribution is -2.41. The normalized spacial score (nSPS) is 24.0. The molecule has 1 aromatic rings. The lowest BCUT2D eigenvalue weighted by Gasteiger charge is -2.35. The van der Waals surface area contributed by atoms with Crippen LogP contribution in [0.25, 0.3) is 0 Å². The minimum atomic E-state index is -0.389. The van der Waals surface area contributed by atoms with E-state index in [1.807, 2.05) is 0 Å². The van der Waals surface area contributed by atoms with Crippen molar-refractivity contribution >= 4 is 11.5 Å². The van der Waals surface area contributed by atoms with E-state index in [1.165, 1.54) is 19.0 Å². The number of nitro groups is 1. The van der Waals surface area contributed by atoms with E-state index in [4.69, 9.17) is 0 Å². The van der Waals surface area contributed by atoms with E-state index in [0.29, 0.717) is 17.6 Å². The molecule has 0 aliphatic carbocycles. The van der Waals surface area contributed by atoms with E-state index < -0.39 is 0 Å². The molecule has 1 atom stereocenters. The summed E-state index contributed by atoms with van der Waals surface area (Å²) in [6, 6.07) is 4.23.